The first kappa shape index (κ1) is 15.6. The standard InChI is InChI=1S/C14H19NO3S/c1-4-5-11-12(19-14(18)15(2)3)7-6-10(8-9-16)13(11)17/h6-7,9,17H,4-5,8H2,1-3H3. The Bertz CT molecular complexity index is 472. The van der Waals surface area contributed by atoms with Gasteiger partial charge in [0, 0.05) is 36.5 Å². The normalized spacial score (nSPS) is 10.3. The second-order valence-corrected chi connectivity index (χ2v) is 5.43. The quantitative estimate of drug-likeness (QED) is 0.666. The molecule has 0 radical (unpaired) electrons. The molecule has 0 aromatic heterocycles. The molecule has 19 heavy (non-hydrogen) atoms. The minimum atomic E-state index is -0.0834. The van der Waals surface area contributed by atoms with Gasteiger partial charge in [-0.1, -0.05) is 19.4 Å². The Hall–Kier alpha value is -1.49. The van der Waals surface area contributed by atoms with Crippen LogP contribution in [0.25, 0.3) is 0 Å². The van der Waals surface area contributed by atoms with E-state index in [-0.39, 0.29) is 17.4 Å². The monoisotopic (exact) mass is 281 g/mol. The fraction of sp³-hybridized carbons (Fsp3) is 0.429. The van der Waals surface area contributed by atoms with Gasteiger partial charge in [-0.3, -0.25) is 4.79 Å². The van der Waals surface area contributed by atoms with Gasteiger partial charge in [-0.15, -0.1) is 0 Å². The van der Waals surface area contributed by atoms with Crippen LogP contribution in [0, 0.1) is 0 Å². The van der Waals surface area contributed by atoms with Crippen molar-refractivity contribution in [2.75, 3.05) is 14.1 Å². The maximum atomic E-state index is 11.7. The fourth-order valence-corrected chi connectivity index (χ4v) is 2.52. The molecule has 0 aliphatic rings. The van der Waals surface area contributed by atoms with E-state index < -0.39 is 0 Å². The van der Waals surface area contributed by atoms with Gasteiger partial charge in [-0.2, -0.15) is 0 Å². The van der Waals surface area contributed by atoms with E-state index in [4.69, 9.17) is 0 Å². The molecule has 1 aromatic carbocycles. The molecule has 1 amide bonds. The lowest BCUT2D eigenvalue weighted by Gasteiger charge is -2.15. The lowest BCUT2D eigenvalue weighted by molar-refractivity contribution is -0.107. The smallest absolute Gasteiger partial charge is 0.285 e. The summed E-state index contributed by atoms with van der Waals surface area (Å²) in [6.07, 6.45) is 2.50. The van der Waals surface area contributed by atoms with Crippen LogP contribution in [-0.2, 0) is 17.6 Å². The van der Waals surface area contributed by atoms with Gasteiger partial charge in [0.15, 0.2) is 0 Å². The number of phenols is 1. The van der Waals surface area contributed by atoms with E-state index in [9.17, 15) is 14.7 Å². The van der Waals surface area contributed by atoms with E-state index in [2.05, 4.69) is 0 Å². The SMILES string of the molecule is CCCc1c(SC(=O)N(C)C)ccc(CC=O)c1O. The second kappa shape index (κ2) is 7.19. The van der Waals surface area contributed by atoms with Crippen molar-refractivity contribution in [3.63, 3.8) is 0 Å². The summed E-state index contributed by atoms with van der Waals surface area (Å²) in [4.78, 5) is 24.6. The van der Waals surface area contributed by atoms with Gasteiger partial charge in [0.2, 0.25) is 0 Å². The molecule has 1 rings (SSSR count). The molecule has 0 atom stereocenters. The van der Waals surface area contributed by atoms with Crippen LogP contribution in [0.3, 0.4) is 0 Å². The van der Waals surface area contributed by atoms with Crippen LogP contribution in [0.4, 0.5) is 4.79 Å². The van der Waals surface area contributed by atoms with Crippen molar-refractivity contribution in [2.24, 2.45) is 0 Å². The number of aldehydes is 1. The van der Waals surface area contributed by atoms with Gasteiger partial charge in [0.1, 0.15) is 12.0 Å². The first-order valence-corrected chi connectivity index (χ1v) is 6.99. The number of amides is 1. The molecule has 1 N–H and O–H groups in total. The number of aromatic hydroxyl groups is 1. The zero-order valence-corrected chi connectivity index (χ0v) is 12.3. The van der Waals surface area contributed by atoms with Crippen LogP contribution in [0.5, 0.6) is 5.75 Å². The van der Waals surface area contributed by atoms with Crippen LogP contribution in [0.15, 0.2) is 17.0 Å². The highest BCUT2D eigenvalue weighted by Gasteiger charge is 2.16. The fourth-order valence-electron chi connectivity index (χ4n) is 1.69. The third-order valence-corrected chi connectivity index (χ3v) is 3.83. The Balaban J connectivity index is 3.13. The lowest BCUT2D eigenvalue weighted by atomic mass is 10.0. The number of hydrogen-bond acceptors (Lipinski definition) is 4. The summed E-state index contributed by atoms with van der Waals surface area (Å²) in [5.74, 6) is 0.144. The summed E-state index contributed by atoms with van der Waals surface area (Å²) in [5.41, 5.74) is 1.36. The Morgan fingerprint density at radius 1 is 1.42 bits per heavy atom. The van der Waals surface area contributed by atoms with Crippen LogP contribution in [0.1, 0.15) is 24.5 Å². The highest BCUT2D eigenvalue weighted by Crippen LogP contribution is 2.34. The molecule has 0 spiro atoms. The van der Waals surface area contributed by atoms with Crippen LogP contribution in [0.2, 0.25) is 0 Å². The molecule has 0 aliphatic carbocycles. The van der Waals surface area contributed by atoms with E-state index >= 15 is 0 Å². The average molecular weight is 281 g/mol. The average Bonchev–Trinajstić information content (AvgIpc) is 2.37. The maximum Gasteiger partial charge on any atom is 0.285 e. The number of carbonyl (C=O) groups is 2. The molecule has 4 nitrogen and oxygen atoms in total. The minimum Gasteiger partial charge on any atom is -0.507 e. The number of rotatable bonds is 5. The van der Waals surface area contributed by atoms with Crippen molar-refractivity contribution in [2.45, 2.75) is 31.1 Å². The number of benzene rings is 1. The summed E-state index contributed by atoms with van der Waals surface area (Å²) in [7, 11) is 3.38. The summed E-state index contributed by atoms with van der Waals surface area (Å²) >= 11 is 1.10. The van der Waals surface area contributed by atoms with Gasteiger partial charge >= 0.3 is 0 Å². The van der Waals surface area contributed by atoms with Crippen molar-refractivity contribution in [1.82, 2.24) is 4.90 Å². The molecule has 0 unspecified atom stereocenters. The van der Waals surface area contributed by atoms with Gasteiger partial charge in [0.25, 0.3) is 5.24 Å². The number of thioether (sulfide) groups is 1. The third kappa shape index (κ3) is 3.99. The molecule has 5 heteroatoms. The Morgan fingerprint density at radius 2 is 2.11 bits per heavy atom. The predicted molar refractivity (Wildman–Crippen MR) is 76.8 cm³/mol. The summed E-state index contributed by atoms with van der Waals surface area (Å²) in [5, 5.41) is 10.1. The molecular formula is C14H19NO3S. The number of phenolic OH excluding ortho intramolecular Hbond substituents is 1. The molecule has 0 saturated heterocycles. The number of carbonyl (C=O) groups excluding carboxylic acids is 2. The highest BCUT2D eigenvalue weighted by molar-refractivity contribution is 8.13. The Labute approximate surface area is 117 Å². The lowest BCUT2D eigenvalue weighted by Crippen LogP contribution is -2.16. The van der Waals surface area contributed by atoms with E-state index in [0.717, 1.165) is 34.9 Å². The molecule has 0 fully saturated rings. The molecule has 0 aliphatic heterocycles. The van der Waals surface area contributed by atoms with Crippen molar-refractivity contribution in [3.8, 4) is 5.75 Å². The van der Waals surface area contributed by atoms with E-state index in [1.807, 2.05) is 6.92 Å². The van der Waals surface area contributed by atoms with Gasteiger partial charge in [-0.05, 0) is 24.2 Å². The largest absolute Gasteiger partial charge is 0.507 e. The van der Waals surface area contributed by atoms with Crippen molar-refractivity contribution >= 4 is 23.3 Å². The Kier molecular flexibility index (Phi) is 5.89. The predicted octanol–water partition coefficient (Wildman–Crippen LogP) is 2.86. The molecule has 0 bridgehead atoms. The molecule has 104 valence electrons. The van der Waals surface area contributed by atoms with Crippen LogP contribution in [-0.4, -0.2) is 35.6 Å². The molecule has 0 saturated carbocycles. The van der Waals surface area contributed by atoms with Crippen molar-refractivity contribution < 1.29 is 14.7 Å². The van der Waals surface area contributed by atoms with Gasteiger partial charge in [0.05, 0.1) is 0 Å². The van der Waals surface area contributed by atoms with Crippen LogP contribution < -0.4 is 0 Å². The summed E-state index contributed by atoms with van der Waals surface area (Å²) < 4.78 is 0. The van der Waals surface area contributed by atoms with Gasteiger partial charge < -0.3 is 14.8 Å². The maximum absolute atomic E-state index is 11.7. The number of hydrogen-bond donors (Lipinski definition) is 1. The van der Waals surface area contributed by atoms with Crippen molar-refractivity contribution in [1.29, 1.82) is 0 Å². The van der Waals surface area contributed by atoms with Gasteiger partial charge in [-0.25, -0.2) is 0 Å². The first-order valence-electron chi connectivity index (χ1n) is 6.17. The van der Waals surface area contributed by atoms with E-state index in [1.54, 1.807) is 26.2 Å². The molecule has 0 heterocycles. The number of nitrogens with zero attached hydrogens (tertiary/aromatic N) is 1. The van der Waals surface area contributed by atoms with E-state index in [1.165, 1.54) is 4.90 Å². The third-order valence-electron chi connectivity index (χ3n) is 2.69. The first-order chi connectivity index (χ1) is 9.01. The zero-order valence-electron chi connectivity index (χ0n) is 11.5. The highest BCUT2D eigenvalue weighted by atomic mass is 32.2. The minimum absolute atomic E-state index is 0.0834. The Morgan fingerprint density at radius 3 is 2.63 bits per heavy atom. The zero-order chi connectivity index (χ0) is 14.4. The summed E-state index contributed by atoms with van der Waals surface area (Å²) in [6, 6.07) is 3.50. The second-order valence-electron chi connectivity index (χ2n) is 4.43. The van der Waals surface area contributed by atoms with E-state index in [0.29, 0.717) is 12.0 Å². The molecular weight excluding hydrogens is 262 g/mol. The molecule has 1 aromatic rings. The van der Waals surface area contributed by atoms with Crippen molar-refractivity contribution in [3.05, 3.63) is 23.3 Å². The van der Waals surface area contributed by atoms with Crippen LogP contribution >= 0.6 is 11.8 Å². The summed E-state index contributed by atoms with van der Waals surface area (Å²) in [6.45, 7) is 2.01. The topological polar surface area (TPSA) is 57.6 Å².